The first-order valence-corrected chi connectivity index (χ1v) is 6.35. The second kappa shape index (κ2) is 6.06. The average molecular weight is 266 g/mol. The number of methoxy groups -OCH3 is 1. The normalized spacial score (nSPS) is 12.9. The molecule has 0 aliphatic carbocycles. The summed E-state index contributed by atoms with van der Waals surface area (Å²) in [6, 6.07) is 5.41. The van der Waals surface area contributed by atoms with Crippen LogP contribution in [0.25, 0.3) is 0 Å². The third-order valence-corrected chi connectivity index (χ3v) is 2.86. The number of ether oxygens (including phenoxy) is 2. The standard InChI is InChI=1S/C15H22O4/c1-6-19-14(17)12(16)10-8-7-9-11(13(10)18-5)15(2,3)4/h7-9,12,16H,6H2,1-5H3. The summed E-state index contributed by atoms with van der Waals surface area (Å²) in [5.41, 5.74) is 1.24. The first kappa shape index (κ1) is 15.5. The van der Waals surface area contributed by atoms with Crippen LogP contribution in [-0.4, -0.2) is 24.8 Å². The number of hydrogen-bond acceptors (Lipinski definition) is 4. The molecule has 1 atom stereocenters. The summed E-state index contributed by atoms with van der Waals surface area (Å²) in [7, 11) is 1.53. The van der Waals surface area contributed by atoms with Gasteiger partial charge in [-0.1, -0.05) is 39.0 Å². The van der Waals surface area contributed by atoms with Gasteiger partial charge in [-0.15, -0.1) is 0 Å². The van der Waals surface area contributed by atoms with Crippen LogP contribution in [0, 0.1) is 0 Å². The highest BCUT2D eigenvalue weighted by Gasteiger charge is 2.27. The molecule has 1 N–H and O–H groups in total. The van der Waals surface area contributed by atoms with E-state index >= 15 is 0 Å². The van der Waals surface area contributed by atoms with E-state index in [2.05, 4.69) is 0 Å². The summed E-state index contributed by atoms with van der Waals surface area (Å²) in [5, 5.41) is 10.1. The number of rotatable bonds is 4. The number of para-hydroxylation sites is 1. The number of carbonyl (C=O) groups is 1. The van der Waals surface area contributed by atoms with Crippen LogP contribution >= 0.6 is 0 Å². The summed E-state index contributed by atoms with van der Waals surface area (Å²) in [4.78, 5) is 11.6. The van der Waals surface area contributed by atoms with Crippen molar-refractivity contribution in [3.05, 3.63) is 29.3 Å². The number of carbonyl (C=O) groups excluding carboxylic acids is 1. The van der Waals surface area contributed by atoms with Crippen molar-refractivity contribution in [2.45, 2.75) is 39.2 Å². The fraction of sp³-hybridized carbons (Fsp3) is 0.533. The van der Waals surface area contributed by atoms with E-state index in [1.54, 1.807) is 19.1 Å². The maximum Gasteiger partial charge on any atom is 0.339 e. The van der Waals surface area contributed by atoms with E-state index < -0.39 is 12.1 Å². The Balaban J connectivity index is 3.25. The van der Waals surface area contributed by atoms with Crippen molar-refractivity contribution in [2.24, 2.45) is 0 Å². The predicted molar refractivity (Wildman–Crippen MR) is 73.3 cm³/mol. The second-order valence-corrected chi connectivity index (χ2v) is 5.33. The van der Waals surface area contributed by atoms with Crippen molar-refractivity contribution in [3.8, 4) is 5.75 Å². The molecule has 0 fully saturated rings. The van der Waals surface area contributed by atoms with Gasteiger partial charge in [-0.05, 0) is 17.9 Å². The van der Waals surface area contributed by atoms with Crippen LogP contribution in [0.4, 0.5) is 0 Å². The summed E-state index contributed by atoms with van der Waals surface area (Å²) in [6.45, 7) is 8.08. The molecule has 4 heteroatoms. The fourth-order valence-corrected chi connectivity index (χ4v) is 1.94. The van der Waals surface area contributed by atoms with Crippen LogP contribution in [0.1, 0.15) is 44.9 Å². The molecule has 0 saturated heterocycles. The SMILES string of the molecule is CCOC(=O)C(O)c1cccc(C(C)(C)C)c1OC. The lowest BCUT2D eigenvalue weighted by Crippen LogP contribution is -2.19. The van der Waals surface area contributed by atoms with Crippen molar-refractivity contribution in [3.63, 3.8) is 0 Å². The van der Waals surface area contributed by atoms with Crippen LogP contribution in [0.5, 0.6) is 5.75 Å². The fourth-order valence-electron chi connectivity index (χ4n) is 1.94. The highest BCUT2D eigenvalue weighted by molar-refractivity contribution is 5.77. The van der Waals surface area contributed by atoms with Gasteiger partial charge < -0.3 is 14.6 Å². The molecule has 0 bridgehead atoms. The van der Waals surface area contributed by atoms with Crippen molar-refractivity contribution >= 4 is 5.97 Å². The lowest BCUT2D eigenvalue weighted by Gasteiger charge is -2.24. The van der Waals surface area contributed by atoms with Crippen LogP contribution in [0.3, 0.4) is 0 Å². The monoisotopic (exact) mass is 266 g/mol. The van der Waals surface area contributed by atoms with E-state index in [1.165, 1.54) is 7.11 Å². The lowest BCUT2D eigenvalue weighted by molar-refractivity contribution is -0.153. The van der Waals surface area contributed by atoms with Gasteiger partial charge in [-0.25, -0.2) is 4.79 Å². The highest BCUT2D eigenvalue weighted by Crippen LogP contribution is 2.36. The van der Waals surface area contributed by atoms with Gasteiger partial charge >= 0.3 is 5.97 Å². The van der Waals surface area contributed by atoms with E-state index in [-0.39, 0.29) is 12.0 Å². The minimum atomic E-state index is -1.32. The molecule has 1 unspecified atom stereocenters. The zero-order chi connectivity index (χ0) is 14.6. The molecule has 0 aromatic heterocycles. The molecule has 1 aromatic rings. The van der Waals surface area contributed by atoms with E-state index in [1.807, 2.05) is 26.8 Å². The molecule has 0 radical (unpaired) electrons. The first-order valence-electron chi connectivity index (χ1n) is 6.35. The van der Waals surface area contributed by atoms with E-state index in [0.717, 1.165) is 5.56 Å². The number of aliphatic hydroxyl groups is 1. The maximum absolute atomic E-state index is 11.6. The van der Waals surface area contributed by atoms with Gasteiger partial charge in [-0.2, -0.15) is 0 Å². The van der Waals surface area contributed by atoms with E-state index in [4.69, 9.17) is 9.47 Å². The maximum atomic E-state index is 11.6. The molecule has 0 aliphatic heterocycles. The molecule has 19 heavy (non-hydrogen) atoms. The van der Waals surface area contributed by atoms with Gasteiger partial charge in [0.2, 0.25) is 0 Å². The Morgan fingerprint density at radius 3 is 2.47 bits per heavy atom. The van der Waals surface area contributed by atoms with Gasteiger partial charge in [0.15, 0.2) is 6.10 Å². The summed E-state index contributed by atoms with van der Waals surface area (Å²) in [5.74, 6) is -0.123. The summed E-state index contributed by atoms with van der Waals surface area (Å²) < 4.78 is 10.2. The molecular weight excluding hydrogens is 244 g/mol. The average Bonchev–Trinajstić information content (AvgIpc) is 2.36. The molecule has 1 rings (SSSR count). The Labute approximate surface area is 114 Å². The molecule has 0 saturated carbocycles. The number of esters is 1. The summed E-state index contributed by atoms with van der Waals surface area (Å²) in [6.07, 6.45) is -1.32. The lowest BCUT2D eigenvalue weighted by atomic mass is 9.84. The first-order chi connectivity index (χ1) is 8.82. The summed E-state index contributed by atoms with van der Waals surface area (Å²) >= 11 is 0. The number of benzene rings is 1. The second-order valence-electron chi connectivity index (χ2n) is 5.33. The molecule has 0 aliphatic rings. The number of aliphatic hydroxyl groups excluding tert-OH is 1. The van der Waals surface area contributed by atoms with Crippen molar-refractivity contribution in [1.29, 1.82) is 0 Å². The van der Waals surface area contributed by atoms with E-state index in [0.29, 0.717) is 11.3 Å². The topological polar surface area (TPSA) is 55.8 Å². The third-order valence-electron chi connectivity index (χ3n) is 2.86. The molecule has 1 aromatic carbocycles. The van der Waals surface area contributed by atoms with Crippen LogP contribution in [-0.2, 0) is 14.9 Å². The van der Waals surface area contributed by atoms with Gasteiger partial charge in [0, 0.05) is 5.56 Å². The van der Waals surface area contributed by atoms with Gasteiger partial charge in [-0.3, -0.25) is 0 Å². The molecule has 0 amide bonds. The minimum absolute atomic E-state index is 0.143. The Kier molecular flexibility index (Phi) is 4.95. The van der Waals surface area contributed by atoms with Crippen molar-refractivity contribution < 1.29 is 19.4 Å². The third kappa shape index (κ3) is 3.47. The largest absolute Gasteiger partial charge is 0.496 e. The minimum Gasteiger partial charge on any atom is -0.496 e. The molecule has 4 nitrogen and oxygen atoms in total. The molecule has 0 spiro atoms. The van der Waals surface area contributed by atoms with Gasteiger partial charge in [0.25, 0.3) is 0 Å². The Bertz CT molecular complexity index is 446. The van der Waals surface area contributed by atoms with Crippen LogP contribution in [0.15, 0.2) is 18.2 Å². The van der Waals surface area contributed by atoms with Crippen molar-refractivity contribution in [2.75, 3.05) is 13.7 Å². The van der Waals surface area contributed by atoms with E-state index in [9.17, 15) is 9.90 Å². The Morgan fingerprint density at radius 2 is 2.00 bits per heavy atom. The quantitative estimate of drug-likeness (QED) is 0.851. The van der Waals surface area contributed by atoms with Gasteiger partial charge in [0.05, 0.1) is 13.7 Å². The zero-order valence-electron chi connectivity index (χ0n) is 12.2. The Morgan fingerprint density at radius 1 is 1.37 bits per heavy atom. The molecule has 106 valence electrons. The van der Waals surface area contributed by atoms with Crippen LogP contribution < -0.4 is 4.74 Å². The van der Waals surface area contributed by atoms with Crippen molar-refractivity contribution in [1.82, 2.24) is 0 Å². The smallest absolute Gasteiger partial charge is 0.339 e. The highest BCUT2D eigenvalue weighted by atomic mass is 16.5. The van der Waals surface area contributed by atoms with Crippen LogP contribution in [0.2, 0.25) is 0 Å². The molecule has 0 heterocycles. The number of hydrogen-bond donors (Lipinski definition) is 1. The predicted octanol–water partition coefficient (Wildman–Crippen LogP) is 2.59. The Hall–Kier alpha value is -1.55. The molecular formula is C15H22O4. The van der Waals surface area contributed by atoms with Gasteiger partial charge in [0.1, 0.15) is 5.75 Å². The zero-order valence-corrected chi connectivity index (χ0v) is 12.2.